The fourth-order valence-electron chi connectivity index (χ4n) is 3.75. The average molecular weight is 425 g/mol. The summed E-state index contributed by atoms with van der Waals surface area (Å²) >= 11 is 0. The predicted octanol–water partition coefficient (Wildman–Crippen LogP) is 3.96. The van der Waals surface area contributed by atoms with Gasteiger partial charge in [-0.3, -0.25) is 9.52 Å². The van der Waals surface area contributed by atoms with Crippen LogP contribution < -0.4 is 10.0 Å². The average Bonchev–Trinajstić information content (AvgIpc) is 3.12. The van der Waals surface area contributed by atoms with E-state index in [1.807, 2.05) is 6.07 Å². The normalized spacial score (nSPS) is 15.4. The van der Waals surface area contributed by atoms with E-state index in [0.29, 0.717) is 29.2 Å². The van der Waals surface area contributed by atoms with E-state index in [4.69, 9.17) is 0 Å². The molecule has 30 heavy (non-hydrogen) atoms. The number of hydrogen-bond acceptors (Lipinski definition) is 5. The Morgan fingerprint density at radius 3 is 2.77 bits per heavy atom. The van der Waals surface area contributed by atoms with Crippen molar-refractivity contribution < 1.29 is 17.6 Å². The van der Waals surface area contributed by atoms with Crippen molar-refractivity contribution >= 4 is 27.3 Å². The smallest absolute Gasteiger partial charge is 0.229 e. The second-order valence-corrected chi connectivity index (χ2v) is 9.08. The Balaban J connectivity index is 1.78. The molecule has 0 radical (unpaired) electrons. The zero-order valence-corrected chi connectivity index (χ0v) is 17.3. The third-order valence-corrected chi connectivity index (χ3v) is 5.68. The minimum absolute atomic E-state index is 0.182. The summed E-state index contributed by atoms with van der Waals surface area (Å²) in [4.78, 5) is 17.6. The predicted molar refractivity (Wildman–Crippen MR) is 115 cm³/mol. The Bertz CT molecular complexity index is 1260. The number of nitrogens with zero attached hydrogens (tertiary/aromatic N) is 1. The lowest BCUT2D eigenvalue weighted by Crippen LogP contribution is -2.17. The Hall–Kier alpha value is -3.26. The monoisotopic (exact) mass is 425 g/mol. The molecule has 0 amide bonds. The van der Waals surface area contributed by atoms with Crippen LogP contribution in [-0.2, 0) is 10.0 Å². The van der Waals surface area contributed by atoms with Gasteiger partial charge in [-0.2, -0.15) is 0 Å². The fraction of sp³-hybridized carbons (Fsp3) is 0.182. The van der Waals surface area contributed by atoms with Crippen molar-refractivity contribution in [3.63, 3.8) is 0 Å². The second-order valence-electron chi connectivity index (χ2n) is 7.33. The highest BCUT2D eigenvalue weighted by Gasteiger charge is 2.33. The molecular weight excluding hydrogens is 405 g/mol. The molecule has 2 N–H and O–H groups in total. The van der Waals surface area contributed by atoms with Crippen molar-refractivity contribution in [3.05, 3.63) is 77.2 Å². The van der Waals surface area contributed by atoms with Gasteiger partial charge in [0, 0.05) is 29.6 Å². The molecule has 0 fully saturated rings. The first-order chi connectivity index (χ1) is 14.2. The zero-order valence-electron chi connectivity index (χ0n) is 16.4. The van der Waals surface area contributed by atoms with Gasteiger partial charge in [-0.15, -0.1) is 0 Å². The van der Waals surface area contributed by atoms with Gasteiger partial charge >= 0.3 is 0 Å². The van der Waals surface area contributed by atoms with E-state index in [9.17, 15) is 17.6 Å². The maximum Gasteiger partial charge on any atom is 0.229 e. The van der Waals surface area contributed by atoms with Crippen molar-refractivity contribution in [1.29, 1.82) is 0 Å². The van der Waals surface area contributed by atoms with E-state index in [2.05, 4.69) is 15.0 Å². The summed E-state index contributed by atoms with van der Waals surface area (Å²) in [6.45, 7) is 2.13. The van der Waals surface area contributed by atoms with Crippen LogP contribution in [-0.4, -0.2) is 32.0 Å². The number of nitrogens with one attached hydrogen (secondary N) is 2. The van der Waals surface area contributed by atoms with E-state index in [1.54, 1.807) is 43.5 Å². The number of ketones is 1. The summed E-state index contributed by atoms with van der Waals surface area (Å²) in [5.74, 6) is -0.573. The van der Waals surface area contributed by atoms with Crippen LogP contribution in [0.5, 0.6) is 0 Å². The molecule has 0 bridgehead atoms. The van der Waals surface area contributed by atoms with Crippen LogP contribution in [0.4, 0.5) is 15.9 Å². The van der Waals surface area contributed by atoms with E-state index in [1.165, 1.54) is 12.1 Å². The molecule has 1 aliphatic heterocycles. The first-order valence-electron chi connectivity index (χ1n) is 9.34. The van der Waals surface area contributed by atoms with Gasteiger partial charge in [-0.05, 0) is 53.9 Å². The highest BCUT2D eigenvalue weighted by Crippen LogP contribution is 2.40. The van der Waals surface area contributed by atoms with Crippen LogP contribution >= 0.6 is 0 Å². The van der Waals surface area contributed by atoms with E-state index in [-0.39, 0.29) is 5.78 Å². The molecule has 0 saturated heterocycles. The standard InChI is InChI=1S/C22H20FN3O3S/c1-13-6-7-15(23)11-18(13)21(27)19-12-25-22-20(19)17(8-9-24-22)14-4-3-5-16(10-14)26-30(2,28)29/h3-11,19,26H,12H2,1-2H3,(H,24,25). The maximum atomic E-state index is 13.8. The maximum absolute atomic E-state index is 13.8. The van der Waals surface area contributed by atoms with Gasteiger partial charge in [0.15, 0.2) is 5.78 Å². The third-order valence-electron chi connectivity index (χ3n) is 5.07. The van der Waals surface area contributed by atoms with Gasteiger partial charge in [-0.25, -0.2) is 17.8 Å². The highest BCUT2D eigenvalue weighted by atomic mass is 32.2. The highest BCUT2D eigenvalue weighted by molar-refractivity contribution is 7.92. The number of sulfonamides is 1. The molecule has 2 heterocycles. The molecule has 2 aromatic carbocycles. The van der Waals surface area contributed by atoms with Crippen LogP contribution in [0.25, 0.3) is 11.1 Å². The number of rotatable bonds is 5. The lowest BCUT2D eigenvalue weighted by Gasteiger charge is -2.16. The van der Waals surface area contributed by atoms with Gasteiger partial charge in [0.25, 0.3) is 0 Å². The van der Waals surface area contributed by atoms with Crippen molar-refractivity contribution in [2.75, 3.05) is 22.8 Å². The SMILES string of the molecule is Cc1ccc(F)cc1C(=O)C1CNc2nccc(-c3cccc(NS(C)(=O)=O)c3)c21. The number of carbonyl (C=O) groups is 1. The first-order valence-corrected chi connectivity index (χ1v) is 11.2. The molecule has 3 aromatic rings. The van der Waals surface area contributed by atoms with Crippen molar-refractivity contribution in [2.45, 2.75) is 12.8 Å². The van der Waals surface area contributed by atoms with Crippen LogP contribution in [0.3, 0.4) is 0 Å². The van der Waals surface area contributed by atoms with Crippen LogP contribution in [0.15, 0.2) is 54.7 Å². The molecule has 1 aromatic heterocycles. The molecule has 8 heteroatoms. The number of aromatic nitrogens is 1. The number of hydrogen-bond donors (Lipinski definition) is 2. The molecule has 1 aliphatic rings. The molecule has 0 saturated carbocycles. The van der Waals surface area contributed by atoms with Crippen molar-refractivity contribution in [3.8, 4) is 11.1 Å². The molecule has 0 spiro atoms. The molecular formula is C22H20FN3O3S. The van der Waals surface area contributed by atoms with Crippen LogP contribution in [0, 0.1) is 12.7 Å². The van der Waals surface area contributed by atoms with Crippen molar-refractivity contribution in [1.82, 2.24) is 4.98 Å². The molecule has 0 aliphatic carbocycles. The van der Waals surface area contributed by atoms with Gasteiger partial charge in [0.1, 0.15) is 11.6 Å². The lowest BCUT2D eigenvalue weighted by molar-refractivity contribution is 0.0965. The van der Waals surface area contributed by atoms with Gasteiger partial charge in [0.2, 0.25) is 10.0 Å². The number of aryl methyl sites for hydroxylation is 1. The Morgan fingerprint density at radius 1 is 1.20 bits per heavy atom. The Kier molecular flexibility index (Phi) is 5.03. The summed E-state index contributed by atoms with van der Waals surface area (Å²) in [6.07, 6.45) is 2.72. The Morgan fingerprint density at radius 2 is 2.00 bits per heavy atom. The molecule has 1 atom stereocenters. The van der Waals surface area contributed by atoms with E-state index >= 15 is 0 Å². The summed E-state index contributed by atoms with van der Waals surface area (Å²) in [5, 5.41) is 3.16. The summed E-state index contributed by atoms with van der Waals surface area (Å²) in [6, 6.07) is 12.9. The topological polar surface area (TPSA) is 88.2 Å². The minimum Gasteiger partial charge on any atom is -0.369 e. The van der Waals surface area contributed by atoms with Crippen molar-refractivity contribution in [2.24, 2.45) is 0 Å². The van der Waals surface area contributed by atoms with Gasteiger partial charge in [0.05, 0.1) is 12.2 Å². The third kappa shape index (κ3) is 3.91. The minimum atomic E-state index is -3.42. The number of anilines is 2. The van der Waals surface area contributed by atoms with Crippen LogP contribution in [0.1, 0.15) is 27.4 Å². The number of carbonyl (C=O) groups excluding carboxylic acids is 1. The first kappa shape index (κ1) is 20.0. The van der Waals surface area contributed by atoms with Gasteiger partial charge < -0.3 is 5.32 Å². The van der Waals surface area contributed by atoms with E-state index in [0.717, 1.165) is 22.9 Å². The quantitative estimate of drug-likeness (QED) is 0.604. The molecule has 4 rings (SSSR count). The second kappa shape index (κ2) is 7.53. The molecule has 1 unspecified atom stereocenters. The number of fused-ring (bicyclic) bond motifs is 1. The molecule has 154 valence electrons. The lowest BCUT2D eigenvalue weighted by atomic mass is 9.87. The number of Topliss-reactive ketones (excluding diaryl/α,β-unsaturated/α-hetero) is 1. The van der Waals surface area contributed by atoms with Crippen LogP contribution in [0.2, 0.25) is 0 Å². The van der Waals surface area contributed by atoms with Gasteiger partial charge in [-0.1, -0.05) is 18.2 Å². The molecule has 6 nitrogen and oxygen atoms in total. The largest absolute Gasteiger partial charge is 0.369 e. The number of benzene rings is 2. The Labute approximate surface area is 174 Å². The number of pyridine rings is 1. The van der Waals surface area contributed by atoms with E-state index < -0.39 is 21.8 Å². The summed E-state index contributed by atoms with van der Waals surface area (Å²) in [7, 11) is -3.42. The summed E-state index contributed by atoms with van der Waals surface area (Å²) in [5.41, 5.74) is 3.73. The zero-order chi connectivity index (χ0) is 21.5. The summed E-state index contributed by atoms with van der Waals surface area (Å²) < 4.78 is 39.4. The number of halogens is 1. The fourth-order valence-corrected chi connectivity index (χ4v) is 4.31.